The van der Waals surface area contributed by atoms with Crippen molar-refractivity contribution < 1.29 is 4.92 Å². The first-order chi connectivity index (χ1) is 13.3. The second-order valence-corrected chi connectivity index (χ2v) is 8.53. The van der Waals surface area contributed by atoms with Gasteiger partial charge in [-0.1, -0.05) is 56.8 Å². The molecule has 28 heavy (non-hydrogen) atoms. The molecule has 0 spiro atoms. The lowest BCUT2D eigenvalue weighted by Crippen LogP contribution is -2.14. The van der Waals surface area contributed by atoms with E-state index in [1.54, 1.807) is 28.6 Å². The van der Waals surface area contributed by atoms with Crippen LogP contribution in [0.3, 0.4) is 0 Å². The van der Waals surface area contributed by atoms with Gasteiger partial charge in [-0.05, 0) is 28.7 Å². The number of aromatic nitrogens is 3. The molecule has 0 unspecified atom stereocenters. The fourth-order valence-electron chi connectivity index (χ4n) is 2.94. The van der Waals surface area contributed by atoms with E-state index in [0.717, 1.165) is 22.0 Å². The van der Waals surface area contributed by atoms with Crippen LogP contribution in [0.4, 0.5) is 5.69 Å². The molecule has 7 nitrogen and oxygen atoms in total. The van der Waals surface area contributed by atoms with Gasteiger partial charge < -0.3 is 0 Å². The molecule has 1 aromatic heterocycles. The highest BCUT2D eigenvalue weighted by molar-refractivity contribution is 7.99. The van der Waals surface area contributed by atoms with Crippen LogP contribution in [0.1, 0.15) is 31.9 Å². The molecule has 2 heterocycles. The molecular weight excluding hydrogens is 374 g/mol. The first-order valence-electron chi connectivity index (χ1n) is 8.85. The quantitative estimate of drug-likeness (QED) is 0.483. The normalized spacial score (nSPS) is 13.8. The molecular formula is C20H19N5O2S. The van der Waals surface area contributed by atoms with Crippen molar-refractivity contribution in [3.05, 3.63) is 69.8 Å². The van der Waals surface area contributed by atoms with E-state index in [1.165, 1.54) is 17.7 Å². The highest BCUT2D eigenvalue weighted by atomic mass is 32.2. The monoisotopic (exact) mass is 393 g/mol. The molecule has 1 aliphatic rings. The first-order valence-corrected chi connectivity index (χ1v) is 9.83. The van der Waals surface area contributed by atoms with Crippen LogP contribution in [-0.2, 0) is 5.41 Å². The summed E-state index contributed by atoms with van der Waals surface area (Å²) in [6.07, 6.45) is 0. The van der Waals surface area contributed by atoms with Crippen molar-refractivity contribution in [3.63, 3.8) is 0 Å². The third kappa shape index (κ3) is 3.43. The molecule has 0 radical (unpaired) electrons. The molecule has 0 amide bonds. The highest BCUT2D eigenvalue weighted by Gasteiger charge is 2.22. The fraction of sp³-hybridized carbons (Fsp3) is 0.250. The minimum absolute atomic E-state index is 0.0671. The zero-order chi connectivity index (χ0) is 19.9. The van der Waals surface area contributed by atoms with Gasteiger partial charge in [0.25, 0.3) is 5.69 Å². The number of hydrogen-bond acceptors (Lipinski definition) is 6. The topological polar surface area (TPSA) is 86.2 Å². The number of benzene rings is 2. The van der Waals surface area contributed by atoms with E-state index in [4.69, 9.17) is 5.10 Å². The maximum absolute atomic E-state index is 10.9. The Labute approximate surface area is 166 Å². The molecule has 142 valence electrons. The van der Waals surface area contributed by atoms with Crippen LogP contribution in [0, 0.1) is 10.1 Å². The summed E-state index contributed by atoms with van der Waals surface area (Å²) in [7, 11) is 0. The predicted molar refractivity (Wildman–Crippen MR) is 110 cm³/mol. The van der Waals surface area contributed by atoms with E-state index in [0.29, 0.717) is 11.6 Å². The van der Waals surface area contributed by atoms with Crippen LogP contribution < -0.4 is 0 Å². The minimum Gasteiger partial charge on any atom is -0.258 e. The molecule has 0 atom stereocenters. The number of thioether (sulfide) groups is 1. The fourth-order valence-corrected chi connectivity index (χ4v) is 3.78. The number of non-ortho nitro benzene ring substituents is 1. The lowest BCUT2D eigenvalue weighted by molar-refractivity contribution is -0.384. The second-order valence-electron chi connectivity index (χ2n) is 7.58. The Bertz CT molecular complexity index is 1060. The Balaban J connectivity index is 1.69. The van der Waals surface area contributed by atoms with E-state index in [1.807, 2.05) is 12.1 Å². The smallest absolute Gasteiger partial charge is 0.258 e. The van der Waals surface area contributed by atoms with E-state index in [-0.39, 0.29) is 11.1 Å². The summed E-state index contributed by atoms with van der Waals surface area (Å²) in [6.45, 7) is 6.54. The number of nitro groups is 1. The highest BCUT2D eigenvalue weighted by Crippen LogP contribution is 2.30. The molecule has 2 aromatic carbocycles. The number of nitro benzene ring substituents is 1. The van der Waals surface area contributed by atoms with Crippen molar-refractivity contribution in [2.24, 2.45) is 5.10 Å². The SMILES string of the molecule is CC(C)(C)c1ccc(-c2nnc3n2N=C(c2ccc([N+](=O)[O-])cc2)CS3)cc1. The standard InChI is InChI=1S/C20H19N5O2S/c1-20(2,3)15-8-4-14(5-9-15)18-21-22-19-24(18)23-17(12-28-19)13-6-10-16(11-7-13)25(26)27/h4-11H,12H2,1-3H3. The van der Waals surface area contributed by atoms with Crippen molar-refractivity contribution in [1.29, 1.82) is 0 Å². The average Bonchev–Trinajstić information content (AvgIpc) is 3.10. The molecule has 0 saturated heterocycles. The Morgan fingerprint density at radius 1 is 1.00 bits per heavy atom. The van der Waals surface area contributed by atoms with Crippen LogP contribution in [-0.4, -0.2) is 31.3 Å². The average molecular weight is 393 g/mol. The summed E-state index contributed by atoms with van der Waals surface area (Å²) < 4.78 is 1.75. The van der Waals surface area contributed by atoms with E-state index >= 15 is 0 Å². The van der Waals surface area contributed by atoms with Crippen molar-refractivity contribution in [2.75, 3.05) is 5.75 Å². The Morgan fingerprint density at radius 2 is 1.64 bits per heavy atom. The first kappa shape index (κ1) is 18.4. The van der Waals surface area contributed by atoms with Crippen LogP contribution in [0.2, 0.25) is 0 Å². The maximum atomic E-state index is 10.9. The number of rotatable bonds is 3. The summed E-state index contributed by atoms with van der Waals surface area (Å²) in [5.74, 6) is 1.32. The van der Waals surface area contributed by atoms with Crippen molar-refractivity contribution in [3.8, 4) is 11.4 Å². The lowest BCUT2D eigenvalue weighted by Gasteiger charge is -2.19. The molecule has 3 aromatic rings. The van der Waals surface area contributed by atoms with Gasteiger partial charge in [0.05, 0.1) is 10.6 Å². The molecule has 0 N–H and O–H groups in total. The molecule has 0 aliphatic carbocycles. The van der Waals surface area contributed by atoms with Gasteiger partial charge in [-0.15, -0.1) is 10.2 Å². The zero-order valence-corrected chi connectivity index (χ0v) is 16.6. The van der Waals surface area contributed by atoms with Gasteiger partial charge in [-0.25, -0.2) is 0 Å². The van der Waals surface area contributed by atoms with Gasteiger partial charge in [0.2, 0.25) is 5.16 Å². The van der Waals surface area contributed by atoms with Crippen LogP contribution in [0.5, 0.6) is 0 Å². The molecule has 0 fully saturated rings. The second kappa shape index (κ2) is 6.87. The van der Waals surface area contributed by atoms with Crippen LogP contribution in [0.25, 0.3) is 11.4 Å². The van der Waals surface area contributed by atoms with Crippen molar-refractivity contribution in [2.45, 2.75) is 31.3 Å². The lowest BCUT2D eigenvalue weighted by atomic mass is 9.87. The Kier molecular flexibility index (Phi) is 4.50. The third-order valence-corrected chi connectivity index (χ3v) is 5.52. The number of nitrogens with zero attached hydrogens (tertiary/aromatic N) is 5. The summed E-state index contributed by atoms with van der Waals surface area (Å²) >= 11 is 1.55. The van der Waals surface area contributed by atoms with E-state index < -0.39 is 4.92 Å². The van der Waals surface area contributed by atoms with Gasteiger partial charge in [-0.3, -0.25) is 10.1 Å². The predicted octanol–water partition coefficient (Wildman–Crippen LogP) is 4.51. The van der Waals surface area contributed by atoms with Crippen molar-refractivity contribution >= 4 is 23.2 Å². The minimum atomic E-state index is -0.404. The zero-order valence-electron chi connectivity index (χ0n) is 15.8. The summed E-state index contributed by atoms with van der Waals surface area (Å²) in [4.78, 5) is 10.5. The maximum Gasteiger partial charge on any atom is 0.269 e. The van der Waals surface area contributed by atoms with Crippen LogP contribution >= 0.6 is 11.8 Å². The van der Waals surface area contributed by atoms with E-state index in [9.17, 15) is 10.1 Å². The van der Waals surface area contributed by atoms with E-state index in [2.05, 4.69) is 43.1 Å². The molecule has 4 rings (SSSR count). The van der Waals surface area contributed by atoms with Crippen molar-refractivity contribution in [1.82, 2.24) is 14.9 Å². The Morgan fingerprint density at radius 3 is 2.25 bits per heavy atom. The van der Waals surface area contributed by atoms with Gasteiger partial charge in [0.15, 0.2) is 5.82 Å². The number of hydrogen-bond donors (Lipinski definition) is 0. The van der Waals surface area contributed by atoms with Gasteiger partial charge in [-0.2, -0.15) is 9.78 Å². The molecule has 0 saturated carbocycles. The molecule has 1 aliphatic heterocycles. The van der Waals surface area contributed by atoms with Gasteiger partial charge in [0, 0.05) is 23.4 Å². The summed E-state index contributed by atoms with van der Waals surface area (Å²) in [6, 6.07) is 14.7. The molecule has 0 bridgehead atoms. The number of fused-ring (bicyclic) bond motifs is 1. The molecule has 8 heteroatoms. The summed E-state index contributed by atoms with van der Waals surface area (Å²) in [5, 5.41) is 24.9. The van der Waals surface area contributed by atoms with Gasteiger partial charge >= 0.3 is 0 Å². The summed E-state index contributed by atoms with van der Waals surface area (Å²) in [5.41, 5.74) is 4.03. The van der Waals surface area contributed by atoms with Gasteiger partial charge in [0.1, 0.15) is 0 Å². The largest absolute Gasteiger partial charge is 0.269 e. The van der Waals surface area contributed by atoms with Crippen LogP contribution in [0.15, 0.2) is 58.8 Å². The third-order valence-electron chi connectivity index (χ3n) is 4.59. The Hall–Kier alpha value is -3.00.